The van der Waals surface area contributed by atoms with E-state index in [1.807, 2.05) is 35.7 Å². The number of nitrogens with zero attached hydrogens (tertiary/aromatic N) is 2. The molecule has 0 spiro atoms. The van der Waals surface area contributed by atoms with E-state index in [1.54, 1.807) is 29.4 Å². The van der Waals surface area contributed by atoms with E-state index in [9.17, 15) is 14.0 Å². The molecule has 38 heavy (non-hydrogen) atoms. The third kappa shape index (κ3) is 5.84. The molecule has 3 heterocycles. The first kappa shape index (κ1) is 26.2. The molecule has 5 rings (SSSR count). The number of carbonyl (C=O) groups is 2. The maximum absolute atomic E-state index is 13.9. The van der Waals surface area contributed by atoms with Crippen molar-refractivity contribution in [3.05, 3.63) is 81.8 Å². The van der Waals surface area contributed by atoms with E-state index in [0.717, 1.165) is 24.8 Å². The molecule has 0 unspecified atom stereocenters. The van der Waals surface area contributed by atoms with E-state index in [1.165, 1.54) is 28.0 Å². The van der Waals surface area contributed by atoms with Crippen LogP contribution in [-0.2, 0) is 16.0 Å². The number of ether oxygens (including phenoxy) is 3. The molecular weight excluding hydrogens is 507 g/mol. The highest BCUT2D eigenvalue weighted by Gasteiger charge is 2.34. The number of para-hydroxylation sites is 2. The number of fused-ring (bicyclic) bond motifs is 1. The largest absolute Gasteiger partial charge is 0.493 e. The highest BCUT2D eigenvalue weighted by atomic mass is 32.1. The van der Waals surface area contributed by atoms with Gasteiger partial charge in [-0.15, -0.1) is 11.3 Å². The zero-order chi connectivity index (χ0) is 26.5. The Kier molecular flexibility index (Phi) is 8.24. The maximum Gasteiger partial charge on any atom is 0.254 e. The van der Waals surface area contributed by atoms with Crippen LogP contribution < -0.4 is 9.47 Å². The van der Waals surface area contributed by atoms with Gasteiger partial charge in [-0.1, -0.05) is 18.2 Å². The Morgan fingerprint density at radius 3 is 2.76 bits per heavy atom. The van der Waals surface area contributed by atoms with Crippen LogP contribution in [0.1, 0.15) is 39.7 Å². The lowest BCUT2D eigenvalue weighted by molar-refractivity contribution is -0.135. The van der Waals surface area contributed by atoms with Gasteiger partial charge in [0.1, 0.15) is 19.0 Å². The van der Waals surface area contributed by atoms with Gasteiger partial charge in [0.25, 0.3) is 5.91 Å². The summed E-state index contributed by atoms with van der Waals surface area (Å²) in [5, 5.41) is 2.03. The van der Waals surface area contributed by atoms with Gasteiger partial charge >= 0.3 is 0 Å². The summed E-state index contributed by atoms with van der Waals surface area (Å²) in [5.74, 6) is 0.164. The van der Waals surface area contributed by atoms with Crippen LogP contribution in [0.15, 0.2) is 60.0 Å². The number of amides is 2. The zero-order valence-electron chi connectivity index (χ0n) is 21.3. The molecule has 2 atom stereocenters. The second kappa shape index (κ2) is 12.0. The number of halogens is 1. The van der Waals surface area contributed by atoms with Crippen molar-refractivity contribution >= 4 is 23.2 Å². The van der Waals surface area contributed by atoms with E-state index in [0.29, 0.717) is 24.7 Å². The molecular formula is C29H31FN2O5S. The van der Waals surface area contributed by atoms with Crippen LogP contribution in [-0.4, -0.2) is 67.7 Å². The second-order valence-corrected chi connectivity index (χ2v) is 10.4. The van der Waals surface area contributed by atoms with Crippen molar-refractivity contribution in [1.29, 1.82) is 0 Å². The van der Waals surface area contributed by atoms with Crippen molar-refractivity contribution in [2.75, 3.05) is 40.0 Å². The molecule has 0 saturated carbocycles. The summed E-state index contributed by atoms with van der Waals surface area (Å²) in [7, 11) is 1.59. The quantitative estimate of drug-likeness (QED) is 0.394. The molecule has 1 fully saturated rings. The summed E-state index contributed by atoms with van der Waals surface area (Å²) in [5.41, 5.74) is 1.28. The summed E-state index contributed by atoms with van der Waals surface area (Å²) >= 11 is 1.68. The van der Waals surface area contributed by atoms with Crippen molar-refractivity contribution in [3.63, 3.8) is 0 Å². The number of rotatable bonds is 9. The third-order valence-corrected chi connectivity index (χ3v) is 8.01. The fourth-order valence-electron chi connectivity index (χ4n) is 5.09. The van der Waals surface area contributed by atoms with Crippen LogP contribution in [0.4, 0.5) is 4.39 Å². The highest BCUT2D eigenvalue weighted by molar-refractivity contribution is 7.10. The standard InChI is InChI=1S/C29H31FN2O5S/c1-35-25-9-2-3-10-26(25)37-19-24-23-12-15-38-27(23)11-13-32(24)28(33)18-31(17-22-8-5-14-36-22)29(34)20-6-4-7-21(30)16-20/h2-4,6-7,9-10,12,15-16,22,24H,5,8,11,13-14,17-19H2,1H3/t22-,24+/m0/s1. The predicted molar refractivity (Wildman–Crippen MR) is 142 cm³/mol. The van der Waals surface area contributed by atoms with Gasteiger partial charge < -0.3 is 24.0 Å². The normalized spacial score (nSPS) is 18.6. The van der Waals surface area contributed by atoms with E-state index >= 15 is 0 Å². The van der Waals surface area contributed by atoms with E-state index in [-0.39, 0.29) is 49.2 Å². The summed E-state index contributed by atoms with van der Waals surface area (Å²) in [4.78, 5) is 31.7. The predicted octanol–water partition coefficient (Wildman–Crippen LogP) is 4.72. The molecule has 0 N–H and O–H groups in total. The number of hydrogen-bond donors (Lipinski definition) is 0. The Morgan fingerprint density at radius 2 is 2.00 bits per heavy atom. The van der Waals surface area contributed by atoms with Crippen LogP contribution in [0.5, 0.6) is 11.5 Å². The molecule has 200 valence electrons. The van der Waals surface area contributed by atoms with Gasteiger partial charge in [-0.25, -0.2) is 4.39 Å². The van der Waals surface area contributed by atoms with Crippen LogP contribution in [0.2, 0.25) is 0 Å². The van der Waals surface area contributed by atoms with Gasteiger partial charge in [0, 0.05) is 30.1 Å². The average molecular weight is 539 g/mol. The Labute approximate surface area is 225 Å². The molecule has 2 amide bonds. The van der Waals surface area contributed by atoms with Crippen molar-refractivity contribution in [2.45, 2.75) is 31.4 Å². The van der Waals surface area contributed by atoms with Gasteiger partial charge in [-0.2, -0.15) is 0 Å². The summed E-state index contributed by atoms with van der Waals surface area (Å²) in [6.45, 7) is 1.56. The van der Waals surface area contributed by atoms with Gasteiger partial charge in [-0.05, 0) is 66.6 Å². The first-order valence-electron chi connectivity index (χ1n) is 12.8. The van der Waals surface area contributed by atoms with Gasteiger partial charge in [0.2, 0.25) is 5.91 Å². The molecule has 2 aromatic carbocycles. The molecule has 0 aliphatic carbocycles. The van der Waals surface area contributed by atoms with E-state index < -0.39 is 5.82 Å². The first-order chi connectivity index (χ1) is 18.5. The molecule has 2 aliphatic heterocycles. The fraction of sp³-hybridized carbons (Fsp3) is 0.379. The Bertz CT molecular complexity index is 1280. The lowest BCUT2D eigenvalue weighted by atomic mass is 10.00. The monoisotopic (exact) mass is 538 g/mol. The van der Waals surface area contributed by atoms with Gasteiger partial charge in [0.05, 0.1) is 19.3 Å². The summed E-state index contributed by atoms with van der Waals surface area (Å²) in [6.07, 6.45) is 2.33. The Hall–Kier alpha value is -3.43. The smallest absolute Gasteiger partial charge is 0.254 e. The van der Waals surface area contributed by atoms with Crippen molar-refractivity contribution in [3.8, 4) is 11.5 Å². The molecule has 7 nitrogen and oxygen atoms in total. The van der Waals surface area contributed by atoms with Gasteiger partial charge in [0.15, 0.2) is 11.5 Å². The van der Waals surface area contributed by atoms with E-state index in [4.69, 9.17) is 14.2 Å². The van der Waals surface area contributed by atoms with Crippen molar-refractivity contribution in [2.24, 2.45) is 0 Å². The SMILES string of the molecule is COc1ccccc1OC[C@@H]1c2ccsc2CCN1C(=O)CN(C[C@@H]1CCCO1)C(=O)c1cccc(F)c1. The minimum absolute atomic E-state index is 0.125. The topological polar surface area (TPSA) is 68.3 Å². The Balaban J connectivity index is 1.36. The Morgan fingerprint density at radius 1 is 1.16 bits per heavy atom. The van der Waals surface area contributed by atoms with Crippen molar-refractivity contribution in [1.82, 2.24) is 9.80 Å². The van der Waals surface area contributed by atoms with Crippen molar-refractivity contribution < 1.29 is 28.2 Å². The summed E-state index contributed by atoms with van der Waals surface area (Å²) in [6, 6.07) is 14.7. The lowest BCUT2D eigenvalue weighted by Crippen LogP contribution is -2.49. The maximum atomic E-state index is 13.9. The molecule has 1 aromatic heterocycles. The second-order valence-electron chi connectivity index (χ2n) is 9.44. The summed E-state index contributed by atoms with van der Waals surface area (Å²) < 4.78 is 31.2. The van der Waals surface area contributed by atoms with Crippen LogP contribution in [0, 0.1) is 5.82 Å². The third-order valence-electron chi connectivity index (χ3n) is 7.01. The van der Waals surface area contributed by atoms with Crippen LogP contribution in [0.25, 0.3) is 0 Å². The lowest BCUT2D eigenvalue weighted by Gasteiger charge is -2.37. The van der Waals surface area contributed by atoms with Crippen LogP contribution in [0.3, 0.4) is 0 Å². The molecule has 9 heteroatoms. The molecule has 0 bridgehead atoms. The number of carbonyl (C=O) groups excluding carboxylic acids is 2. The molecule has 2 aliphatic rings. The zero-order valence-corrected chi connectivity index (χ0v) is 22.1. The average Bonchev–Trinajstić information content (AvgIpc) is 3.63. The fourth-order valence-corrected chi connectivity index (χ4v) is 6.02. The molecule has 0 radical (unpaired) electrons. The first-order valence-corrected chi connectivity index (χ1v) is 13.7. The minimum Gasteiger partial charge on any atom is -0.493 e. The number of thiophene rings is 1. The molecule has 3 aromatic rings. The number of hydrogen-bond acceptors (Lipinski definition) is 6. The van der Waals surface area contributed by atoms with E-state index in [2.05, 4.69) is 0 Å². The van der Waals surface area contributed by atoms with Gasteiger partial charge in [-0.3, -0.25) is 9.59 Å². The number of methoxy groups -OCH3 is 1. The van der Waals surface area contributed by atoms with Crippen LogP contribution >= 0.6 is 11.3 Å². The number of benzene rings is 2. The highest BCUT2D eigenvalue weighted by Crippen LogP contribution is 2.35. The minimum atomic E-state index is -0.492. The molecule has 1 saturated heterocycles.